The Bertz CT molecular complexity index is 1850. The molecule has 0 aliphatic rings. The van der Waals surface area contributed by atoms with Crippen LogP contribution in [0.1, 0.15) is 349 Å². The van der Waals surface area contributed by atoms with Gasteiger partial charge in [0.1, 0.15) is 19.3 Å². The standard InChI is InChI=1S/C72H136O17P2/c1-6-10-13-16-19-22-24-26-27-29-31-38-43-48-53-58-72(77)89-68(62-83-70(75)56-51-46-41-36-33-32-35-39-44-49-54-65(5)9-4)64-87-91(80,81)85-60-66(73)59-84-90(78,79)86-63-67(61-82-69(74)55-50-45-40-34-21-18-15-12-8-3)88-71(76)57-52-47-42-37-30-28-25-23-20-17-14-11-7-2/h22,24,26-27,65-68,73H,6-21,23,25,28-64H2,1-5H3,(H,78,79)(H,80,81)/b24-22-,27-26-/t65?,66-,67+,68+/m0/s1. The number of allylic oxidation sites excluding steroid dienone is 4. The van der Waals surface area contributed by atoms with Gasteiger partial charge in [-0.1, -0.05) is 296 Å². The minimum absolute atomic E-state index is 0.0851. The third-order valence-electron chi connectivity index (χ3n) is 16.5. The highest BCUT2D eigenvalue weighted by Crippen LogP contribution is 2.45. The van der Waals surface area contributed by atoms with E-state index < -0.39 is 97.5 Å². The Kier molecular flexibility index (Phi) is 63.1. The van der Waals surface area contributed by atoms with Crippen LogP contribution in [-0.2, 0) is 65.4 Å². The Morgan fingerprint density at radius 3 is 0.934 bits per heavy atom. The number of aliphatic hydroxyl groups excluding tert-OH is 1. The highest BCUT2D eigenvalue weighted by atomic mass is 31.2. The Hall–Kier alpha value is -2.46. The van der Waals surface area contributed by atoms with E-state index in [1.165, 1.54) is 161 Å². The molecule has 19 heteroatoms. The monoisotopic (exact) mass is 1330 g/mol. The molecule has 0 bridgehead atoms. The molecule has 0 radical (unpaired) electrons. The van der Waals surface area contributed by atoms with Crippen molar-refractivity contribution in [2.75, 3.05) is 39.6 Å². The van der Waals surface area contributed by atoms with Crippen molar-refractivity contribution in [1.82, 2.24) is 0 Å². The largest absolute Gasteiger partial charge is 0.472 e. The lowest BCUT2D eigenvalue weighted by atomic mass is 9.99. The third kappa shape index (κ3) is 64.6. The highest BCUT2D eigenvalue weighted by Gasteiger charge is 2.30. The molecule has 0 fully saturated rings. The maximum Gasteiger partial charge on any atom is 0.472 e. The summed E-state index contributed by atoms with van der Waals surface area (Å²) in [4.78, 5) is 72.6. The van der Waals surface area contributed by atoms with Crippen molar-refractivity contribution in [3.63, 3.8) is 0 Å². The van der Waals surface area contributed by atoms with E-state index in [9.17, 15) is 43.2 Å². The number of carbonyl (C=O) groups excluding carboxylic acids is 4. The molecular weight excluding hydrogens is 1200 g/mol. The Morgan fingerprint density at radius 2 is 0.615 bits per heavy atom. The van der Waals surface area contributed by atoms with Gasteiger partial charge < -0.3 is 33.8 Å². The van der Waals surface area contributed by atoms with Crippen molar-refractivity contribution in [1.29, 1.82) is 0 Å². The predicted octanol–water partition coefficient (Wildman–Crippen LogP) is 20.5. The number of carbonyl (C=O) groups is 4. The van der Waals surface area contributed by atoms with Crippen molar-refractivity contribution in [2.45, 2.75) is 368 Å². The highest BCUT2D eigenvalue weighted by molar-refractivity contribution is 7.47. The predicted molar refractivity (Wildman–Crippen MR) is 368 cm³/mol. The minimum Gasteiger partial charge on any atom is -0.462 e. The number of esters is 4. The van der Waals surface area contributed by atoms with Gasteiger partial charge in [-0.25, -0.2) is 9.13 Å². The van der Waals surface area contributed by atoms with Gasteiger partial charge >= 0.3 is 39.5 Å². The van der Waals surface area contributed by atoms with Gasteiger partial charge in [0.15, 0.2) is 12.2 Å². The maximum atomic E-state index is 13.0. The molecule has 3 N–H and O–H groups in total. The van der Waals surface area contributed by atoms with E-state index in [1.807, 2.05) is 0 Å². The first-order chi connectivity index (χ1) is 44.1. The second-order valence-electron chi connectivity index (χ2n) is 25.5. The second kappa shape index (κ2) is 64.9. The fraction of sp³-hybridized carbons (Fsp3) is 0.889. The van der Waals surface area contributed by atoms with Crippen molar-refractivity contribution in [3.05, 3.63) is 24.3 Å². The van der Waals surface area contributed by atoms with Crippen LogP contribution in [0.25, 0.3) is 0 Å². The van der Waals surface area contributed by atoms with Crippen molar-refractivity contribution in [2.24, 2.45) is 5.92 Å². The topological polar surface area (TPSA) is 237 Å². The molecule has 91 heavy (non-hydrogen) atoms. The number of ether oxygens (including phenoxy) is 4. The molecule has 3 unspecified atom stereocenters. The quantitative estimate of drug-likeness (QED) is 0.0169. The molecule has 0 saturated heterocycles. The van der Waals surface area contributed by atoms with Crippen LogP contribution >= 0.6 is 15.6 Å². The average molecular weight is 1340 g/mol. The zero-order valence-corrected chi connectivity index (χ0v) is 60.3. The number of phosphoric acid groups is 2. The summed E-state index contributed by atoms with van der Waals surface area (Å²) in [6, 6.07) is 0. The number of phosphoric ester groups is 2. The van der Waals surface area contributed by atoms with E-state index in [4.69, 9.17) is 37.0 Å². The molecule has 536 valence electrons. The number of unbranched alkanes of at least 4 members (excludes halogenated alkanes) is 38. The van der Waals surface area contributed by atoms with Gasteiger partial charge in [-0.05, 0) is 57.3 Å². The van der Waals surface area contributed by atoms with E-state index >= 15 is 0 Å². The zero-order chi connectivity index (χ0) is 67.0. The lowest BCUT2D eigenvalue weighted by Crippen LogP contribution is -2.30. The van der Waals surface area contributed by atoms with Gasteiger partial charge in [0, 0.05) is 25.7 Å². The van der Waals surface area contributed by atoms with Crippen LogP contribution < -0.4 is 0 Å². The van der Waals surface area contributed by atoms with E-state index in [-0.39, 0.29) is 25.7 Å². The van der Waals surface area contributed by atoms with Crippen LogP contribution in [-0.4, -0.2) is 96.7 Å². The summed E-state index contributed by atoms with van der Waals surface area (Å²) in [5.74, 6) is -1.34. The van der Waals surface area contributed by atoms with Crippen LogP contribution in [0.4, 0.5) is 0 Å². The van der Waals surface area contributed by atoms with Crippen LogP contribution in [0, 0.1) is 5.92 Å². The Morgan fingerprint density at radius 1 is 0.352 bits per heavy atom. The van der Waals surface area contributed by atoms with Gasteiger partial charge in [-0.2, -0.15) is 0 Å². The molecule has 0 rings (SSSR count). The van der Waals surface area contributed by atoms with Gasteiger partial charge in [-0.3, -0.25) is 37.3 Å². The summed E-state index contributed by atoms with van der Waals surface area (Å²) in [6.07, 6.45) is 54.7. The van der Waals surface area contributed by atoms with Crippen molar-refractivity contribution in [3.8, 4) is 0 Å². The fourth-order valence-electron chi connectivity index (χ4n) is 10.4. The summed E-state index contributed by atoms with van der Waals surface area (Å²) < 4.78 is 68.3. The average Bonchev–Trinajstić information content (AvgIpc) is 3.73. The number of aliphatic hydroxyl groups is 1. The third-order valence-corrected chi connectivity index (χ3v) is 18.4. The first kappa shape index (κ1) is 88.5. The first-order valence-corrected chi connectivity index (χ1v) is 40.0. The lowest BCUT2D eigenvalue weighted by Gasteiger charge is -2.21. The zero-order valence-electron chi connectivity index (χ0n) is 58.5. The summed E-state index contributed by atoms with van der Waals surface area (Å²) >= 11 is 0. The molecule has 0 aliphatic heterocycles. The minimum atomic E-state index is -4.96. The Labute approximate surface area is 554 Å². The molecular formula is C72H136O17P2. The lowest BCUT2D eigenvalue weighted by molar-refractivity contribution is -0.161. The van der Waals surface area contributed by atoms with E-state index in [0.29, 0.717) is 25.7 Å². The van der Waals surface area contributed by atoms with Gasteiger partial charge in [0.05, 0.1) is 26.4 Å². The molecule has 0 amide bonds. The van der Waals surface area contributed by atoms with Crippen LogP contribution in [0.15, 0.2) is 24.3 Å². The second-order valence-corrected chi connectivity index (χ2v) is 28.4. The van der Waals surface area contributed by atoms with E-state index in [2.05, 4.69) is 58.9 Å². The molecule has 0 aliphatic carbocycles. The summed E-state index contributed by atoms with van der Waals surface area (Å²) in [5.41, 5.74) is 0. The summed E-state index contributed by atoms with van der Waals surface area (Å²) in [7, 11) is -9.91. The van der Waals surface area contributed by atoms with Crippen LogP contribution in [0.5, 0.6) is 0 Å². The smallest absolute Gasteiger partial charge is 0.462 e. The van der Waals surface area contributed by atoms with E-state index in [1.54, 1.807) is 0 Å². The van der Waals surface area contributed by atoms with Crippen LogP contribution in [0.2, 0.25) is 0 Å². The van der Waals surface area contributed by atoms with Gasteiger partial charge in [-0.15, -0.1) is 0 Å². The van der Waals surface area contributed by atoms with Gasteiger partial charge in [0.25, 0.3) is 0 Å². The molecule has 0 aromatic rings. The molecule has 17 nitrogen and oxygen atoms in total. The first-order valence-electron chi connectivity index (χ1n) is 37.0. The fourth-order valence-corrected chi connectivity index (χ4v) is 12.0. The summed E-state index contributed by atoms with van der Waals surface area (Å²) in [5, 5.41) is 10.6. The molecule has 0 saturated carbocycles. The number of hydrogen-bond acceptors (Lipinski definition) is 15. The van der Waals surface area contributed by atoms with Gasteiger partial charge in [0.2, 0.25) is 0 Å². The van der Waals surface area contributed by atoms with Crippen LogP contribution in [0.3, 0.4) is 0 Å². The normalized spacial score (nSPS) is 14.5. The number of rotatable bonds is 70. The molecule has 0 spiro atoms. The number of hydrogen-bond donors (Lipinski definition) is 3. The van der Waals surface area contributed by atoms with Crippen molar-refractivity contribution >= 4 is 39.5 Å². The molecule has 0 heterocycles. The van der Waals surface area contributed by atoms with E-state index in [0.717, 1.165) is 109 Å². The molecule has 6 atom stereocenters. The Balaban J connectivity index is 5.28. The summed E-state index contributed by atoms with van der Waals surface area (Å²) in [6.45, 7) is 7.21. The molecule has 0 aromatic carbocycles. The van der Waals surface area contributed by atoms with Crippen molar-refractivity contribution < 1.29 is 80.2 Å². The SMILES string of the molecule is CCCCCC/C=C\C=C/CCCCCCCC(=O)O[C@H](COC(=O)CCCCCCCCCCCCC(C)CC)COP(=O)(O)OC[C@@H](O)COP(=O)(O)OC[C@@H](COC(=O)CCCCCCCCCCC)OC(=O)CCCCCCCCCCCCCCC. The maximum absolute atomic E-state index is 13.0. The molecule has 0 aromatic heterocycles.